The Morgan fingerprint density at radius 1 is 1.21 bits per heavy atom. The van der Waals surface area contributed by atoms with Gasteiger partial charge in [-0.3, -0.25) is 4.90 Å². The average molecular weight is 686 g/mol. The molecule has 0 aliphatic carbocycles. The first kappa shape index (κ1) is 30.7. The first-order valence-electron chi connectivity index (χ1n) is 15.2. The van der Waals surface area contributed by atoms with Crippen molar-refractivity contribution in [3.8, 4) is 23.2 Å². The van der Waals surface area contributed by atoms with Gasteiger partial charge in [0.25, 0.3) is 0 Å². The number of benzene rings is 2. The molecule has 0 amide bonds. The van der Waals surface area contributed by atoms with Gasteiger partial charge in [-0.1, -0.05) is 11.2 Å². The third-order valence-corrected chi connectivity index (χ3v) is 10.7. The first-order chi connectivity index (χ1) is 23.0. The SMILES string of the molecule is N#Cc1c(N)sc2c(F)ccc(-c3c(C(F)(F)F)cc4c(N5CCc6nocc6C5)nc(OC[C@@]56CCCN5C[C@H](F)C6)nc4c3F)c12. The number of alkyl halides is 4. The van der Waals surface area contributed by atoms with E-state index >= 15 is 4.39 Å². The molecule has 0 radical (unpaired) electrons. The van der Waals surface area contributed by atoms with Gasteiger partial charge < -0.3 is 19.9 Å². The van der Waals surface area contributed by atoms with E-state index in [1.165, 1.54) is 6.26 Å². The second-order valence-corrected chi connectivity index (χ2v) is 13.5. The van der Waals surface area contributed by atoms with Crippen molar-refractivity contribution in [3.63, 3.8) is 0 Å². The Balaban J connectivity index is 1.35. The van der Waals surface area contributed by atoms with Crippen molar-refractivity contribution in [2.24, 2.45) is 0 Å². The molecule has 2 saturated heterocycles. The molecule has 3 aliphatic heterocycles. The zero-order valence-electron chi connectivity index (χ0n) is 25.0. The van der Waals surface area contributed by atoms with Crippen LogP contribution in [0.5, 0.6) is 6.01 Å². The van der Waals surface area contributed by atoms with Crippen molar-refractivity contribution >= 4 is 43.1 Å². The van der Waals surface area contributed by atoms with Gasteiger partial charge in [-0.15, -0.1) is 11.3 Å². The average Bonchev–Trinajstić information content (AvgIpc) is 3.81. The Morgan fingerprint density at radius 3 is 2.83 bits per heavy atom. The van der Waals surface area contributed by atoms with Crippen molar-refractivity contribution in [3.05, 3.63) is 58.5 Å². The van der Waals surface area contributed by atoms with Crippen LogP contribution in [0.2, 0.25) is 0 Å². The van der Waals surface area contributed by atoms with Gasteiger partial charge in [-0.2, -0.15) is 28.4 Å². The first-order valence-corrected chi connectivity index (χ1v) is 16.0. The third kappa shape index (κ3) is 4.73. The van der Waals surface area contributed by atoms with Crippen molar-refractivity contribution in [1.29, 1.82) is 5.26 Å². The van der Waals surface area contributed by atoms with E-state index in [0.717, 1.165) is 24.6 Å². The van der Waals surface area contributed by atoms with Crippen molar-refractivity contribution < 1.29 is 35.6 Å². The highest BCUT2D eigenvalue weighted by atomic mass is 32.1. The van der Waals surface area contributed by atoms with Crippen LogP contribution in [0.25, 0.3) is 32.1 Å². The quantitative estimate of drug-likeness (QED) is 0.200. The Bertz CT molecular complexity index is 2160. The van der Waals surface area contributed by atoms with Gasteiger partial charge in [0.2, 0.25) is 0 Å². The zero-order valence-corrected chi connectivity index (χ0v) is 25.8. The molecule has 0 saturated carbocycles. The lowest BCUT2D eigenvalue weighted by atomic mass is 9.92. The lowest BCUT2D eigenvalue weighted by Gasteiger charge is -2.31. The lowest BCUT2D eigenvalue weighted by molar-refractivity contribution is -0.137. The summed E-state index contributed by atoms with van der Waals surface area (Å²) in [5.41, 5.74) is 3.35. The van der Waals surface area contributed by atoms with Gasteiger partial charge in [0, 0.05) is 54.4 Å². The number of anilines is 2. The van der Waals surface area contributed by atoms with Crippen LogP contribution in [-0.4, -0.2) is 58.0 Å². The Kier molecular flexibility index (Phi) is 7.01. The van der Waals surface area contributed by atoms with E-state index < -0.39 is 46.2 Å². The highest BCUT2D eigenvalue weighted by Crippen LogP contribution is 2.48. The number of nitrogens with zero attached hydrogens (tertiary/aromatic N) is 6. The molecule has 2 fully saturated rings. The number of nitriles is 1. The second kappa shape index (κ2) is 11.0. The second-order valence-electron chi connectivity index (χ2n) is 12.4. The summed E-state index contributed by atoms with van der Waals surface area (Å²) in [6, 6.07) is 4.22. The normalized spacial score (nSPS) is 21.2. The molecule has 2 aromatic carbocycles. The molecule has 2 N–H and O–H groups in total. The number of ether oxygens (including phenoxy) is 1. The van der Waals surface area contributed by atoms with Gasteiger partial charge in [0.1, 0.15) is 47.3 Å². The maximum absolute atomic E-state index is 17.0. The topological polar surface area (TPSA) is 117 Å². The van der Waals surface area contributed by atoms with Crippen LogP contribution in [0, 0.1) is 23.0 Å². The summed E-state index contributed by atoms with van der Waals surface area (Å²) in [5.74, 6) is -2.18. The van der Waals surface area contributed by atoms with Crippen LogP contribution in [-0.2, 0) is 19.1 Å². The maximum atomic E-state index is 17.0. The number of nitrogens with two attached hydrogens (primary N) is 1. The number of aromatic nitrogens is 3. The van der Waals surface area contributed by atoms with E-state index in [0.29, 0.717) is 42.0 Å². The fraction of sp³-hybridized carbons (Fsp3) is 0.375. The molecule has 3 aliphatic rings. The number of hydrogen-bond acceptors (Lipinski definition) is 10. The number of nitrogen functional groups attached to an aromatic ring is 1. The molecule has 0 unspecified atom stereocenters. The van der Waals surface area contributed by atoms with E-state index in [1.54, 1.807) is 4.90 Å². The maximum Gasteiger partial charge on any atom is 0.417 e. The van der Waals surface area contributed by atoms with Crippen molar-refractivity contribution in [2.45, 2.75) is 50.1 Å². The monoisotopic (exact) mass is 685 g/mol. The smallest absolute Gasteiger partial charge is 0.417 e. The molecule has 0 spiro atoms. The van der Waals surface area contributed by atoms with E-state index in [2.05, 4.69) is 15.1 Å². The summed E-state index contributed by atoms with van der Waals surface area (Å²) in [6.07, 6.45) is -2.54. The summed E-state index contributed by atoms with van der Waals surface area (Å²) in [4.78, 5) is 12.5. The molecule has 6 heterocycles. The molecular formula is C32H25F6N7O2S. The van der Waals surface area contributed by atoms with Crippen LogP contribution in [0.3, 0.4) is 0 Å². The molecule has 9 nitrogen and oxygen atoms in total. The fourth-order valence-electron chi connectivity index (χ4n) is 7.46. The number of thiophene rings is 1. The Hall–Kier alpha value is -4.62. The summed E-state index contributed by atoms with van der Waals surface area (Å²) >= 11 is 0.687. The molecule has 8 rings (SSSR count). The van der Waals surface area contributed by atoms with Crippen molar-refractivity contribution in [2.75, 3.05) is 36.9 Å². The minimum Gasteiger partial charge on any atom is -0.461 e. The van der Waals surface area contributed by atoms with Crippen LogP contribution >= 0.6 is 11.3 Å². The Labute approximate surface area is 272 Å². The summed E-state index contributed by atoms with van der Waals surface area (Å²) < 4.78 is 102. The minimum atomic E-state index is -5.09. The fourth-order valence-corrected chi connectivity index (χ4v) is 8.41. The number of halogens is 6. The van der Waals surface area contributed by atoms with E-state index in [9.17, 15) is 27.2 Å². The standard InChI is InChI=1S/C32H25F6N7O2S/c33-16-9-31(5-1-6-45(31)12-16)14-46-30-41-26-18(29(42-30)44-7-4-22-15(11-44)13-47-43-22)8-20(32(36,37)38)24(25(26)35)17-2-3-21(34)27-23(17)19(10-39)28(40)48-27/h2-3,8,13,16H,1,4-7,9,11-12,14,40H2/t16-,31+/m1/s1. The number of hydrogen-bond donors (Lipinski definition) is 1. The highest BCUT2D eigenvalue weighted by Gasteiger charge is 2.49. The highest BCUT2D eigenvalue weighted by molar-refractivity contribution is 7.23. The summed E-state index contributed by atoms with van der Waals surface area (Å²) in [6.45, 7) is 1.40. The predicted molar refractivity (Wildman–Crippen MR) is 164 cm³/mol. The molecule has 248 valence electrons. The molecule has 0 bridgehead atoms. The molecule has 48 heavy (non-hydrogen) atoms. The van der Waals surface area contributed by atoms with Gasteiger partial charge in [0.05, 0.1) is 27.1 Å². The van der Waals surface area contributed by atoms with Crippen LogP contribution in [0.15, 0.2) is 29.0 Å². The van der Waals surface area contributed by atoms with Gasteiger partial charge in [-0.05, 0) is 37.1 Å². The zero-order chi connectivity index (χ0) is 33.5. The number of fused-ring (bicyclic) bond motifs is 4. The summed E-state index contributed by atoms with van der Waals surface area (Å²) in [5, 5.41) is 13.2. The van der Waals surface area contributed by atoms with E-state index in [4.69, 9.17) is 15.0 Å². The third-order valence-electron chi connectivity index (χ3n) is 9.63. The number of rotatable bonds is 5. The van der Waals surface area contributed by atoms with Crippen LogP contribution in [0.1, 0.15) is 41.6 Å². The molecule has 3 aromatic heterocycles. The van der Waals surface area contributed by atoms with Gasteiger partial charge in [-0.25, -0.2) is 13.2 Å². The van der Waals surface area contributed by atoms with Crippen molar-refractivity contribution in [1.82, 2.24) is 20.0 Å². The Morgan fingerprint density at radius 2 is 2.04 bits per heavy atom. The molecular weight excluding hydrogens is 660 g/mol. The van der Waals surface area contributed by atoms with Gasteiger partial charge in [0.15, 0.2) is 5.82 Å². The van der Waals surface area contributed by atoms with Gasteiger partial charge >= 0.3 is 12.2 Å². The molecule has 16 heteroatoms. The molecule has 2 atom stereocenters. The molecule has 5 aromatic rings. The van der Waals surface area contributed by atoms with Crippen LogP contribution < -0.4 is 15.4 Å². The largest absolute Gasteiger partial charge is 0.461 e. The van der Waals surface area contributed by atoms with E-state index in [1.807, 2.05) is 11.0 Å². The van der Waals surface area contributed by atoms with Crippen LogP contribution in [0.4, 0.5) is 37.2 Å². The lowest BCUT2D eigenvalue weighted by Crippen LogP contribution is -2.43. The summed E-state index contributed by atoms with van der Waals surface area (Å²) in [7, 11) is 0. The predicted octanol–water partition coefficient (Wildman–Crippen LogP) is 6.77. The van der Waals surface area contributed by atoms with E-state index in [-0.39, 0.29) is 76.1 Å². The minimum absolute atomic E-state index is 0.00156.